The first-order valence-electron chi connectivity index (χ1n) is 8.74. The number of amides is 2. The van der Waals surface area contributed by atoms with Crippen LogP contribution in [0.15, 0.2) is 30.5 Å². The van der Waals surface area contributed by atoms with Crippen LogP contribution in [0.5, 0.6) is 0 Å². The van der Waals surface area contributed by atoms with Gasteiger partial charge in [0.15, 0.2) is 0 Å². The van der Waals surface area contributed by atoms with Crippen LogP contribution in [0.25, 0.3) is 0 Å². The van der Waals surface area contributed by atoms with Gasteiger partial charge in [0, 0.05) is 19.2 Å². The molecule has 27 heavy (non-hydrogen) atoms. The normalized spacial score (nSPS) is 16.4. The van der Waals surface area contributed by atoms with Gasteiger partial charge in [-0.05, 0) is 37.6 Å². The van der Waals surface area contributed by atoms with Crippen molar-refractivity contribution in [3.63, 3.8) is 0 Å². The Morgan fingerprint density at radius 3 is 2.93 bits per heavy atom. The molecule has 0 spiro atoms. The minimum absolute atomic E-state index is 0.0598. The van der Waals surface area contributed by atoms with Crippen LogP contribution in [-0.4, -0.2) is 40.8 Å². The number of pyridine rings is 1. The molecule has 0 aromatic carbocycles. The lowest BCUT2D eigenvalue weighted by Crippen LogP contribution is -2.28. The topological polar surface area (TPSA) is 88.6 Å². The maximum Gasteiger partial charge on any atom is 0.348 e. The van der Waals surface area contributed by atoms with Crippen LogP contribution in [0.1, 0.15) is 34.3 Å². The third-order valence-electron chi connectivity index (χ3n) is 4.29. The second kappa shape index (κ2) is 8.30. The van der Waals surface area contributed by atoms with Gasteiger partial charge in [-0.3, -0.25) is 14.6 Å². The molecule has 1 saturated heterocycles. The number of aryl methyl sites for hydroxylation is 1. The van der Waals surface area contributed by atoms with E-state index < -0.39 is 11.9 Å². The van der Waals surface area contributed by atoms with E-state index >= 15 is 0 Å². The van der Waals surface area contributed by atoms with Crippen LogP contribution >= 0.6 is 11.3 Å². The maximum atomic E-state index is 12.6. The highest BCUT2D eigenvalue weighted by molar-refractivity contribution is 7.18. The van der Waals surface area contributed by atoms with Crippen molar-refractivity contribution in [2.24, 2.45) is 5.92 Å². The van der Waals surface area contributed by atoms with Gasteiger partial charge in [0.05, 0.1) is 29.8 Å². The summed E-state index contributed by atoms with van der Waals surface area (Å²) in [7, 11) is 0. The first kappa shape index (κ1) is 19.0. The number of aromatic nitrogens is 1. The fourth-order valence-corrected chi connectivity index (χ4v) is 3.92. The van der Waals surface area contributed by atoms with Crippen molar-refractivity contribution in [3.05, 3.63) is 46.6 Å². The van der Waals surface area contributed by atoms with Crippen LogP contribution in [0.2, 0.25) is 0 Å². The lowest BCUT2D eigenvalue weighted by atomic mass is 10.1. The van der Waals surface area contributed by atoms with Gasteiger partial charge in [-0.2, -0.15) is 0 Å². The van der Waals surface area contributed by atoms with E-state index in [2.05, 4.69) is 10.3 Å². The van der Waals surface area contributed by atoms with E-state index in [1.54, 1.807) is 31.0 Å². The van der Waals surface area contributed by atoms with E-state index in [1.807, 2.05) is 18.2 Å². The minimum atomic E-state index is -0.422. The van der Waals surface area contributed by atoms with Gasteiger partial charge in [-0.25, -0.2) is 4.79 Å². The van der Waals surface area contributed by atoms with Gasteiger partial charge < -0.3 is 15.0 Å². The number of carbonyl (C=O) groups is 3. The minimum Gasteiger partial charge on any atom is -0.462 e. The van der Waals surface area contributed by atoms with Gasteiger partial charge in [0.1, 0.15) is 4.88 Å². The number of ether oxygens (including phenoxy) is 1. The maximum absolute atomic E-state index is 12.6. The smallest absolute Gasteiger partial charge is 0.348 e. The fraction of sp³-hybridized carbons (Fsp3) is 0.368. The van der Waals surface area contributed by atoms with Gasteiger partial charge in [0.25, 0.3) is 0 Å². The Kier molecular flexibility index (Phi) is 5.85. The van der Waals surface area contributed by atoms with Gasteiger partial charge in [0.2, 0.25) is 11.8 Å². The predicted molar refractivity (Wildman–Crippen MR) is 101 cm³/mol. The van der Waals surface area contributed by atoms with E-state index in [-0.39, 0.29) is 18.2 Å². The van der Waals surface area contributed by atoms with Crippen molar-refractivity contribution in [2.75, 3.05) is 18.5 Å². The summed E-state index contributed by atoms with van der Waals surface area (Å²) in [6.07, 6.45) is 1.86. The second-order valence-corrected chi connectivity index (χ2v) is 7.38. The Hall–Kier alpha value is -2.74. The number of nitrogens with zero attached hydrogens (tertiary/aromatic N) is 2. The zero-order chi connectivity index (χ0) is 19.4. The molecule has 1 atom stereocenters. The summed E-state index contributed by atoms with van der Waals surface area (Å²) in [5, 5.41) is 3.40. The number of thiophene rings is 1. The predicted octanol–water partition coefficient (Wildman–Crippen LogP) is 2.62. The van der Waals surface area contributed by atoms with E-state index in [0.29, 0.717) is 29.6 Å². The first-order valence-corrected chi connectivity index (χ1v) is 9.55. The Morgan fingerprint density at radius 2 is 2.22 bits per heavy atom. The molecule has 2 aromatic rings. The van der Waals surface area contributed by atoms with Crippen LogP contribution in [0.3, 0.4) is 0 Å². The third-order valence-corrected chi connectivity index (χ3v) is 5.42. The molecule has 7 nitrogen and oxygen atoms in total. The molecule has 2 aromatic heterocycles. The molecule has 1 unspecified atom stereocenters. The number of rotatable bonds is 6. The molecule has 1 fully saturated rings. The fourth-order valence-electron chi connectivity index (χ4n) is 2.95. The molecular formula is C19H21N3O4S. The zero-order valence-corrected chi connectivity index (χ0v) is 16.0. The summed E-state index contributed by atoms with van der Waals surface area (Å²) in [6, 6.07) is 7.29. The first-order chi connectivity index (χ1) is 13.0. The number of esters is 1. The molecule has 3 rings (SSSR count). The molecule has 0 radical (unpaired) electrons. The van der Waals surface area contributed by atoms with Crippen molar-refractivity contribution in [1.82, 2.24) is 9.88 Å². The van der Waals surface area contributed by atoms with E-state index in [0.717, 1.165) is 11.3 Å². The average Bonchev–Trinajstić information content (AvgIpc) is 3.19. The van der Waals surface area contributed by atoms with Crippen LogP contribution in [0.4, 0.5) is 5.00 Å². The standard InChI is InChI=1S/C19H21N3O4S/c1-3-26-19(25)17-12(2)8-15(27-17)21-18(24)13-9-16(23)22(10-13)11-14-6-4-5-7-20-14/h4-8,13H,3,9-11H2,1-2H3,(H,21,24). The van der Waals surface area contributed by atoms with Crippen LogP contribution in [0, 0.1) is 12.8 Å². The molecule has 142 valence electrons. The average molecular weight is 387 g/mol. The largest absolute Gasteiger partial charge is 0.462 e. The Morgan fingerprint density at radius 1 is 1.41 bits per heavy atom. The molecule has 1 N–H and O–H groups in total. The molecule has 0 saturated carbocycles. The summed E-state index contributed by atoms with van der Waals surface area (Å²) in [5.41, 5.74) is 1.55. The van der Waals surface area contributed by atoms with E-state index in [4.69, 9.17) is 4.74 Å². The van der Waals surface area contributed by atoms with Crippen LogP contribution < -0.4 is 5.32 Å². The highest BCUT2D eigenvalue weighted by atomic mass is 32.1. The number of carbonyl (C=O) groups excluding carboxylic acids is 3. The summed E-state index contributed by atoms with van der Waals surface area (Å²) in [5.74, 6) is -1.09. The molecule has 0 bridgehead atoms. The van der Waals surface area contributed by atoms with E-state index in [9.17, 15) is 14.4 Å². The lowest BCUT2D eigenvalue weighted by Gasteiger charge is -2.15. The Bertz CT molecular complexity index is 850. The molecular weight excluding hydrogens is 366 g/mol. The number of hydrogen-bond donors (Lipinski definition) is 1. The monoisotopic (exact) mass is 387 g/mol. The molecule has 2 amide bonds. The van der Waals surface area contributed by atoms with Gasteiger partial charge >= 0.3 is 5.97 Å². The third kappa shape index (κ3) is 4.51. The van der Waals surface area contributed by atoms with E-state index in [1.165, 1.54) is 11.3 Å². The summed E-state index contributed by atoms with van der Waals surface area (Å²) < 4.78 is 5.01. The summed E-state index contributed by atoms with van der Waals surface area (Å²) in [6.45, 7) is 4.60. The summed E-state index contributed by atoms with van der Waals surface area (Å²) in [4.78, 5) is 43.0. The van der Waals surface area contributed by atoms with Crippen molar-refractivity contribution < 1.29 is 19.1 Å². The van der Waals surface area contributed by atoms with Crippen molar-refractivity contribution in [3.8, 4) is 0 Å². The van der Waals surface area contributed by atoms with Crippen molar-refractivity contribution in [2.45, 2.75) is 26.8 Å². The Labute approximate surface area is 161 Å². The second-order valence-electron chi connectivity index (χ2n) is 6.33. The Balaban J connectivity index is 1.61. The van der Waals surface area contributed by atoms with Crippen molar-refractivity contribution >= 4 is 34.1 Å². The van der Waals surface area contributed by atoms with Crippen molar-refractivity contribution in [1.29, 1.82) is 0 Å². The molecule has 1 aliphatic heterocycles. The number of hydrogen-bond acceptors (Lipinski definition) is 6. The zero-order valence-electron chi connectivity index (χ0n) is 15.2. The van der Waals surface area contributed by atoms with Gasteiger partial charge in [-0.1, -0.05) is 6.07 Å². The number of anilines is 1. The summed E-state index contributed by atoms with van der Waals surface area (Å²) >= 11 is 1.18. The number of nitrogens with one attached hydrogen (secondary N) is 1. The SMILES string of the molecule is CCOC(=O)c1sc(NC(=O)C2CC(=O)N(Cc3ccccn3)C2)cc1C. The molecule has 3 heterocycles. The molecule has 8 heteroatoms. The molecule has 1 aliphatic rings. The highest BCUT2D eigenvalue weighted by Crippen LogP contribution is 2.29. The van der Waals surface area contributed by atoms with Crippen LogP contribution in [-0.2, 0) is 20.9 Å². The lowest BCUT2D eigenvalue weighted by molar-refractivity contribution is -0.128. The number of likely N-dealkylation sites (tertiary alicyclic amines) is 1. The van der Waals surface area contributed by atoms with Gasteiger partial charge in [-0.15, -0.1) is 11.3 Å². The molecule has 0 aliphatic carbocycles. The quantitative estimate of drug-likeness (QED) is 0.770. The highest BCUT2D eigenvalue weighted by Gasteiger charge is 2.34.